The number of rotatable bonds is 3. The topological polar surface area (TPSA) is 57.6 Å². The van der Waals surface area contributed by atoms with Crippen LogP contribution in [0.15, 0.2) is 96.4 Å². The Morgan fingerprint density at radius 3 is 2.03 bits per heavy atom. The molecule has 0 spiro atoms. The first-order valence-electron chi connectivity index (χ1n) is 9.39. The van der Waals surface area contributed by atoms with E-state index >= 15 is 0 Å². The first-order chi connectivity index (χ1) is 14.3. The van der Waals surface area contributed by atoms with Crippen LogP contribution < -0.4 is 17.0 Å². The van der Waals surface area contributed by atoms with Crippen LogP contribution >= 0.6 is 0 Å². The van der Waals surface area contributed by atoms with Crippen LogP contribution in [0.2, 0.25) is 0 Å². The number of aryl methyl sites for hydroxylation is 1. The average Bonchev–Trinajstić information content (AvgIpc) is 3.09. The van der Waals surface area contributed by atoms with E-state index < -0.39 is 0 Å². The summed E-state index contributed by atoms with van der Waals surface area (Å²) in [5, 5.41) is 6.34. The molecule has 0 aliphatic rings. The molecule has 0 fully saturated rings. The fourth-order valence-electron chi connectivity index (χ4n) is 3.95. The van der Waals surface area contributed by atoms with Gasteiger partial charge in [-0.25, -0.2) is 4.57 Å². The molecule has 0 aliphatic heterocycles. The summed E-state index contributed by atoms with van der Waals surface area (Å²) in [7, 11) is 1.91. The van der Waals surface area contributed by atoms with E-state index in [1.807, 2.05) is 30.1 Å². The number of para-hydroxylation sites is 2. The Morgan fingerprint density at radius 1 is 0.833 bits per heavy atom. The zero-order valence-electron chi connectivity index (χ0n) is 16.3. The molecule has 5 rings (SSSR count). The van der Waals surface area contributed by atoms with Gasteiger partial charge in [0.2, 0.25) is 0 Å². The molecule has 5 nitrogen and oxygen atoms in total. The first-order valence-corrected chi connectivity index (χ1v) is 9.39. The van der Waals surface area contributed by atoms with Crippen molar-refractivity contribution in [2.24, 2.45) is 12.2 Å². The SMILES string of the molecule is C[n+]1ccc(-c2ccc(-n3c4ccccc4c4ccccc43)cc2)c(N=[N+]=[N-])c1.[Cl-]. The van der Waals surface area contributed by atoms with Crippen LogP contribution in [0.3, 0.4) is 0 Å². The van der Waals surface area contributed by atoms with Crippen molar-refractivity contribution in [3.05, 3.63) is 102 Å². The lowest BCUT2D eigenvalue weighted by atomic mass is 10.1. The number of benzene rings is 3. The smallest absolute Gasteiger partial charge is 0.178 e. The monoisotopic (exact) mass is 411 g/mol. The summed E-state index contributed by atoms with van der Waals surface area (Å²) in [5.74, 6) is 0. The summed E-state index contributed by atoms with van der Waals surface area (Å²) in [4.78, 5) is 2.97. The van der Waals surface area contributed by atoms with E-state index in [4.69, 9.17) is 5.53 Å². The molecule has 146 valence electrons. The zero-order valence-corrected chi connectivity index (χ0v) is 17.0. The van der Waals surface area contributed by atoms with Crippen molar-refractivity contribution in [2.45, 2.75) is 0 Å². The van der Waals surface area contributed by atoms with Crippen molar-refractivity contribution < 1.29 is 17.0 Å². The highest BCUT2D eigenvalue weighted by molar-refractivity contribution is 6.09. The van der Waals surface area contributed by atoms with Gasteiger partial charge in [0.15, 0.2) is 12.4 Å². The van der Waals surface area contributed by atoms with Gasteiger partial charge < -0.3 is 17.0 Å². The molecule has 2 heterocycles. The van der Waals surface area contributed by atoms with Crippen LogP contribution in [0.1, 0.15) is 0 Å². The number of aromatic nitrogens is 2. The fraction of sp³-hybridized carbons (Fsp3) is 0.0417. The summed E-state index contributed by atoms with van der Waals surface area (Å²) in [6.45, 7) is 0. The Labute approximate surface area is 179 Å². The molecule has 3 aromatic carbocycles. The van der Waals surface area contributed by atoms with Crippen LogP contribution in [-0.4, -0.2) is 4.57 Å². The molecule has 6 heteroatoms. The van der Waals surface area contributed by atoms with Crippen molar-refractivity contribution >= 4 is 27.5 Å². The van der Waals surface area contributed by atoms with E-state index in [1.54, 1.807) is 0 Å². The highest BCUT2D eigenvalue weighted by Crippen LogP contribution is 2.33. The van der Waals surface area contributed by atoms with Crippen LogP contribution in [0.5, 0.6) is 0 Å². The fourth-order valence-corrected chi connectivity index (χ4v) is 3.95. The van der Waals surface area contributed by atoms with E-state index in [-0.39, 0.29) is 12.4 Å². The van der Waals surface area contributed by atoms with Gasteiger partial charge in [-0.3, -0.25) is 0 Å². The number of fused-ring (bicyclic) bond motifs is 3. The van der Waals surface area contributed by atoms with Crippen molar-refractivity contribution in [1.29, 1.82) is 0 Å². The second-order valence-corrected chi connectivity index (χ2v) is 7.02. The lowest BCUT2D eigenvalue weighted by molar-refractivity contribution is -0.670. The molecule has 2 aromatic heterocycles. The third kappa shape index (κ3) is 3.16. The molecule has 0 aliphatic carbocycles. The molecule has 0 N–H and O–H groups in total. The number of hydrogen-bond donors (Lipinski definition) is 0. The number of hydrogen-bond acceptors (Lipinski definition) is 1. The molecule has 30 heavy (non-hydrogen) atoms. The van der Waals surface area contributed by atoms with E-state index in [0.717, 1.165) is 16.8 Å². The van der Waals surface area contributed by atoms with E-state index in [9.17, 15) is 0 Å². The van der Waals surface area contributed by atoms with Gasteiger partial charge in [-0.1, -0.05) is 53.6 Å². The number of halogens is 1. The Hall–Kier alpha value is -3.79. The summed E-state index contributed by atoms with van der Waals surface area (Å²) in [6, 6.07) is 27.3. The van der Waals surface area contributed by atoms with Crippen LogP contribution in [-0.2, 0) is 7.05 Å². The Kier molecular flexibility index (Phi) is 5.15. The van der Waals surface area contributed by atoms with E-state index in [1.165, 1.54) is 21.8 Å². The highest BCUT2D eigenvalue weighted by Gasteiger charge is 2.12. The Morgan fingerprint density at radius 2 is 1.43 bits per heavy atom. The summed E-state index contributed by atoms with van der Waals surface area (Å²) >= 11 is 0. The second kappa shape index (κ2) is 7.91. The normalized spacial score (nSPS) is 10.6. The maximum atomic E-state index is 8.90. The van der Waals surface area contributed by atoms with E-state index in [2.05, 4.69) is 87.4 Å². The van der Waals surface area contributed by atoms with Gasteiger partial charge in [-0.2, -0.15) is 0 Å². The Balaban J connectivity index is 0.00000218. The van der Waals surface area contributed by atoms with Gasteiger partial charge in [0.05, 0.1) is 11.0 Å². The molecule has 0 saturated heterocycles. The van der Waals surface area contributed by atoms with Gasteiger partial charge in [0, 0.05) is 33.0 Å². The summed E-state index contributed by atoms with van der Waals surface area (Å²) in [5.41, 5.74) is 14.9. The second-order valence-electron chi connectivity index (χ2n) is 7.02. The van der Waals surface area contributed by atoms with Crippen molar-refractivity contribution in [3.63, 3.8) is 0 Å². The third-order valence-corrected chi connectivity index (χ3v) is 5.25. The molecule has 0 saturated carbocycles. The van der Waals surface area contributed by atoms with Gasteiger partial charge in [-0.05, 0) is 35.4 Å². The van der Waals surface area contributed by atoms with Gasteiger partial charge in [0.25, 0.3) is 0 Å². The van der Waals surface area contributed by atoms with Gasteiger partial charge in [-0.15, -0.1) is 0 Å². The van der Waals surface area contributed by atoms with Crippen LogP contribution in [0, 0.1) is 0 Å². The van der Waals surface area contributed by atoms with Gasteiger partial charge >= 0.3 is 0 Å². The molecular formula is C24H18ClN5. The third-order valence-electron chi connectivity index (χ3n) is 5.25. The molecule has 0 amide bonds. The highest BCUT2D eigenvalue weighted by atomic mass is 35.5. The molecule has 5 aromatic rings. The van der Waals surface area contributed by atoms with Crippen molar-refractivity contribution in [1.82, 2.24) is 4.57 Å². The maximum Gasteiger partial charge on any atom is 0.178 e. The first kappa shape index (κ1) is 19.5. The zero-order chi connectivity index (χ0) is 19.8. The minimum atomic E-state index is 0. The predicted molar refractivity (Wildman–Crippen MR) is 116 cm³/mol. The van der Waals surface area contributed by atoms with Gasteiger partial charge in [0.1, 0.15) is 12.7 Å². The van der Waals surface area contributed by atoms with E-state index in [0.29, 0.717) is 5.69 Å². The Bertz CT molecular complexity index is 1360. The number of nitrogens with zero attached hydrogens (tertiary/aromatic N) is 5. The predicted octanol–water partition coefficient (Wildman–Crippen LogP) is 3.22. The molecule has 0 atom stereocenters. The molecule has 0 bridgehead atoms. The molecule has 0 radical (unpaired) electrons. The molecular weight excluding hydrogens is 394 g/mol. The lowest BCUT2D eigenvalue weighted by Gasteiger charge is -2.10. The minimum absolute atomic E-state index is 0. The quantitative estimate of drug-likeness (QED) is 0.189. The molecule has 0 unspecified atom stereocenters. The minimum Gasteiger partial charge on any atom is -1.00 e. The standard InChI is InChI=1S/C24H18N5.ClH/c1-28-15-14-19(22(16-28)26-27-25)17-10-12-18(13-11-17)29-23-8-4-2-6-20(23)21-7-3-5-9-24(21)29;/h2-16H,1H3;1H/q+1;/p-1. The van der Waals surface area contributed by atoms with Crippen LogP contribution in [0.4, 0.5) is 5.69 Å². The summed E-state index contributed by atoms with van der Waals surface area (Å²) in [6.07, 6.45) is 3.78. The van der Waals surface area contributed by atoms with Crippen molar-refractivity contribution in [2.75, 3.05) is 0 Å². The average molecular weight is 412 g/mol. The number of pyridine rings is 1. The lowest BCUT2D eigenvalue weighted by Crippen LogP contribution is -3.00. The summed E-state index contributed by atoms with van der Waals surface area (Å²) < 4.78 is 4.16. The largest absolute Gasteiger partial charge is 1.00 e. The maximum absolute atomic E-state index is 8.90. The van der Waals surface area contributed by atoms with Crippen molar-refractivity contribution in [3.8, 4) is 16.8 Å². The van der Waals surface area contributed by atoms with Crippen LogP contribution in [0.25, 0.3) is 49.1 Å². The number of azide groups is 1.